The number of nitrogens with one attached hydrogen (secondary N) is 1. The van der Waals surface area contributed by atoms with Crippen LogP contribution in [0.5, 0.6) is 0 Å². The Balaban J connectivity index is 2.12. The van der Waals surface area contributed by atoms with Gasteiger partial charge in [-0.3, -0.25) is 0 Å². The third-order valence-corrected chi connectivity index (χ3v) is 6.47. The Morgan fingerprint density at radius 1 is 1.47 bits per heavy atom. The largest absolute Gasteiger partial charge is 0.379 e. The van der Waals surface area contributed by atoms with Gasteiger partial charge in [0.2, 0.25) is 0 Å². The van der Waals surface area contributed by atoms with Gasteiger partial charge in [-0.05, 0) is 22.0 Å². The number of morpholine rings is 1. The van der Waals surface area contributed by atoms with Gasteiger partial charge in [-0.15, -0.1) is 16.2 Å². The summed E-state index contributed by atoms with van der Waals surface area (Å²) in [6.45, 7) is 2.13. The quantitative estimate of drug-likeness (QED) is 0.890. The van der Waals surface area contributed by atoms with Crippen LogP contribution in [0.25, 0.3) is 0 Å². The molecule has 0 aromatic carbocycles. The van der Waals surface area contributed by atoms with Gasteiger partial charge in [0.25, 0.3) is 10.0 Å². The minimum absolute atomic E-state index is 0.195. The normalized spacial score (nSPS) is 18.5. The minimum atomic E-state index is -3.54. The molecule has 1 aliphatic rings. The lowest BCUT2D eigenvalue weighted by atomic mass is 10.5. The van der Waals surface area contributed by atoms with Crippen molar-refractivity contribution in [3.05, 3.63) is 14.9 Å². The van der Waals surface area contributed by atoms with Gasteiger partial charge >= 0.3 is 0 Å². The van der Waals surface area contributed by atoms with Crippen molar-refractivity contribution in [3.63, 3.8) is 0 Å². The van der Waals surface area contributed by atoms with Gasteiger partial charge in [0.05, 0.1) is 22.0 Å². The third kappa shape index (κ3) is 3.40. The van der Waals surface area contributed by atoms with Crippen molar-refractivity contribution in [1.29, 1.82) is 0 Å². The summed E-state index contributed by atoms with van der Waals surface area (Å²) in [5.41, 5.74) is 0. The van der Waals surface area contributed by atoms with Crippen molar-refractivity contribution in [2.45, 2.75) is 4.21 Å². The summed E-state index contributed by atoms with van der Waals surface area (Å²) < 4.78 is 30.0. The van der Waals surface area contributed by atoms with Gasteiger partial charge in [0.15, 0.2) is 0 Å². The van der Waals surface area contributed by atoms with Gasteiger partial charge in [-0.1, -0.05) is 11.6 Å². The lowest BCUT2D eigenvalue weighted by Crippen LogP contribution is -2.48. The van der Waals surface area contributed by atoms with E-state index in [-0.39, 0.29) is 4.21 Å². The minimum Gasteiger partial charge on any atom is -0.379 e. The van der Waals surface area contributed by atoms with Crippen LogP contribution in [0.1, 0.15) is 0 Å². The maximum absolute atomic E-state index is 12.0. The highest BCUT2D eigenvalue weighted by atomic mass is 79.9. The van der Waals surface area contributed by atoms with E-state index in [0.717, 1.165) is 11.3 Å². The average Bonchev–Trinajstić information content (AvgIpc) is 2.61. The smallest absolute Gasteiger partial charge is 0.263 e. The number of hydrazine groups is 1. The molecular formula is C8H10BrClN2O3S2. The molecule has 1 fully saturated rings. The number of halogens is 2. The topological polar surface area (TPSA) is 58.6 Å². The van der Waals surface area contributed by atoms with Crippen molar-refractivity contribution in [2.75, 3.05) is 26.3 Å². The molecule has 0 unspecified atom stereocenters. The molecule has 0 atom stereocenters. The molecule has 0 aliphatic carbocycles. The van der Waals surface area contributed by atoms with Crippen LogP contribution in [-0.2, 0) is 14.8 Å². The first-order chi connectivity index (χ1) is 7.99. The van der Waals surface area contributed by atoms with Crippen LogP contribution in [-0.4, -0.2) is 39.7 Å². The van der Waals surface area contributed by atoms with Crippen LogP contribution in [0.3, 0.4) is 0 Å². The highest BCUT2D eigenvalue weighted by Gasteiger charge is 2.23. The SMILES string of the molecule is O=S(=O)(NN1CCOCC1)c1cc(Cl)c(Br)s1. The van der Waals surface area contributed by atoms with Gasteiger partial charge < -0.3 is 4.74 Å². The molecule has 1 saturated heterocycles. The Kier molecular flexibility index (Phi) is 4.45. The van der Waals surface area contributed by atoms with E-state index < -0.39 is 10.0 Å². The molecule has 1 N–H and O–H groups in total. The number of ether oxygens (including phenoxy) is 1. The molecule has 0 bridgehead atoms. The molecule has 5 nitrogen and oxygen atoms in total. The summed E-state index contributed by atoms with van der Waals surface area (Å²) in [7, 11) is -3.54. The van der Waals surface area contributed by atoms with Crippen LogP contribution in [0.15, 0.2) is 14.1 Å². The molecule has 9 heteroatoms. The number of nitrogens with zero attached hydrogens (tertiary/aromatic N) is 1. The van der Waals surface area contributed by atoms with E-state index in [2.05, 4.69) is 20.8 Å². The van der Waals surface area contributed by atoms with Gasteiger partial charge in [0.1, 0.15) is 4.21 Å². The third-order valence-electron chi connectivity index (χ3n) is 2.15. The zero-order valence-corrected chi connectivity index (χ0v) is 12.6. The molecule has 1 aliphatic heterocycles. The van der Waals surface area contributed by atoms with E-state index in [1.54, 1.807) is 5.01 Å². The summed E-state index contributed by atoms with van der Waals surface area (Å²) in [4.78, 5) is 2.51. The summed E-state index contributed by atoms with van der Waals surface area (Å²) in [5, 5.41) is 2.03. The Labute approximate surface area is 117 Å². The molecule has 1 aromatic rings. The zero-order chi connectivity index (χ0) is 12.5. The zero-order valence-electron chi connectivity index (χ0n) is 8.65. The van der Waals surface area contributed by atoms with Crippen molar-refractivity contribution < 1.29 is 13.2 Å². The predicted molar refractivity (Wildman–Crippen MR) is 69.7 cm³/mol. The Morgan fingerprint density at radius 3 is 2.65 bits per heavy atom. The average molecular weight is 362 g/mol. The van der Waals surface area contributed by atoms with E-state index in [0.29, 0.717) is 35.1 Å². The lowest BCUT2D eigenvalue weighted by Gasteiger charge is -2.26. The van der Waals surface area contributed by atoms with Crippen LogP contribution in [0.4, 0.5) is 0 Å². The van der Waals surface area contributed by atoms with E-state index >= 15 is 0 Å². The monoisotopic (exact) mass is 360 g/mol. The van der Waals surface area contributed by atoms with Gasteiger partial charge in [0, 0.05) is 13.1 Å². The number of rotatable bonds is 3. The first-order valence-corrected chi connectivity index (χ1v) is 8.26. The fourth-order valence-corrected chi connectivity index (χ4v) is 4.84. The second-order valence-corrected chi connectivity index (χ2v) is 8.05. The van der Waals surface area contributed by atoms with E-state index in [1.165, 1.54) is 6.07 Å². The van der Waals surface area contributed by atoms with Gasteiger partial charge in [-0.25, -0.2) is 13.4 Å². The first-order valence-electron chi connectivity index (χ1n) is 4.79. The molecule has 17 heavy (non-hydrogen) atoms. The first kappa shape index (κ1) is 13.7. The maximum atomic E-state index is 12.0. The van der Waals surface area contributed by atoms with Crippen molar-refractivity contribution in [3.8, 4) is 0 Å². The molecule has 0 amide bonds. The molecule has 0 spiro atoms. The molecule has 0 radical (unpaired) electrons. The molecule has 2 rings (SSSR count). The Bertz CT molecular complexity index is 479. The molecule has 2 heterocycles. The molecular weight excluding hydrogens is 352 g/mol. The number of hydrogen-bond acceptors (Lipinski definition) is 5. The number of thiophene rings is 1. The van der Waals surface area contributed by atoms with Crippen LogP contribution in [0, 0.1) is 0 Å². The summed E-state index contributed by atoms with van der Waals surface area (Å²) in [6.07, 6.45) is 0. The summed E-state index contributed by atoms with van der Waals surface area (Å²) >= 11 is 10.1. The lowest BCUT2D eigenvalue weighted by molar-refractivity contribution is 0.0272. The van der Waals surface area contributed by atoms with E-state index in [4.69, 9.17) is 16.3 Å². The highest BCUT2D eigenvalue weighted by Crippen LogP contribution is 2.34. The van der Waals surface area contributed by atoms with Crippen LogP contribution < -0.4 is 4.83 Å². The summed E-state index contributed by atoms with van der Waals surface area (Å²) in [5.74, 6) is 0. The molecule has 1 aromatic heterocycles. The predicted octanol–water partition coefficient (Wildman–Crippen LogP) is 1.69. The van der Waals surface area contributed by atoms with Crippen molar-refractivity contribution >= 4 is 48.9 Å². The number of sulfonamides is 1. The maximum Gasteiger partial charge on any atom is 0.263 e. The second-order valence-electron chi connectivity index (χ2n) is 3.38. The van der Waals surface area contributed by atoms with E-state index in [1.807, 2.05) is 0 Å². The van der Waals surface area contributed by atoms with Crippen LogP contribution in [0.2, 0.25) is 5.02 Å². The fourth-order valence-electron chi connectivity index (χ4n) is 1.33. The number of hydrogen-bond donors (Lipinski definition) is 1. The van der Waals surface area contributed by atoms with Gasteiger partial charge in [-0.2, -0.15) is 0 Å². The Hall–Kier alpha value is 0.300. The second kappa shape index (κ2) is 5.52. The molecule has 96 valence electrons. The standard InChI is InChI=1S/C8H10BrClN2O3S2/c9-8-6(10)5-7(16-8)17(13,14)11-12-1-3-15-4-2-12/h5,11H,1-4H2. The van der Waals surface area contributed by atoms with Crippen molar-refractivity contribution in [1.82, 2.24) is 9.84 Å². The fraction of sp³-hybridized carbons (Fsp3) is 0.500. The van der Waals surface area contributed by atoms with Crippen LogP contribution >= 0.6 is 38.9 Å². The molecule has 0 saturated carbocycles. The van der Waals surface area contributed by atoms with Crippen molar-refractivity contribution in [2.24, 2.45) is 0 Å². The summed E-state index contributed by atoms with van der Waals surface area (Å²) in [6, 6.07) is 1.43. The Morgan fingerprint density at radius 2 is 2.12 bits per heavy atom. The van der Waals surface area contributed by atoms with E-state index in [9.17, 15) is 8.42 Å². The highest BCUT2D eigenvalue weighted by molar-refractivity contribution is 9.11.